The first kappa shape index (κ1) is 18.3. The molecule has 1 aromatic carbocycles. The van der Waals surface area contributed by atoms with E-state index in [1.54, 1.807) is 26.8 Å². The zero-order valence-corrected chi connectivity index (χ0v) is 14.1. The Morgan fingerprint density at radius 1 is 1.40 bits per heavy atom. The van der Waals surface area contributed by atoms with Crippen molar-refractivity contribution in [3.8, 4) is 11.3 Å². The molecule has 0 radical (unpaired) electrons. The Labute approximate surface area is 143 Å². The number of aliphatic hydroxyl groups is 1. The van der Waals surface area contributed by atoms with Crippen molar-refractivity contribution >= 4 is 11.7 Å². The third-order valence-corrected chi connectivity index (χ3v) is 3.14. The minimum absolute atomic E-state index is 0.0163. The van der Waals surface area contributed by atoms with E-state index in [1.165, 1.54) is 24.3 Å². The zero-order chi connectivity index (χ0) is 18.8. The minimum atomic E-state index is -1.44. The maximum atomic E-state index is 12.0. The lowest BCUT2D eigenvalue weighted by molar-refractivity contribution is -0.384. The third-order valence-electron chi connectivity index (χ3n) is 3.14. The van der Waals surface area contributed by atoms with Crippen LogP contribution in [-0.4, -0.2) is 26.8 Å². The van der Waals surface area contributed by atoms with Crippen LogP contribution in [0.25, 0.3) is 11.3 Å². The van der Waals surface area contributed by atoms with Crippen LogP contribution in [0.5, 0.6) is 0 Å². The Hall–Kier alpha value is -3.00. The van der Waals surface area contributed by atoms with Gasteiger partial charge in [0.2, 0.25) is 0 Å². The number of esters is 1. The van der Waals surface area contributed by atoms with Gasteiger partial charge in [-0.2, -0.15) is 0 Å². The number of carbonyl (C=O) groups is 1. The van der Waals surface area contributed by atoms with E-state index >= 15 is 0 Å². The number of non-ortho nitro benzene ring substituents is 1. The molecule has 0 aliphatic carbocycles. The van der Waals surface area contributed by atoms with Gasteiger partial charge in [-0.3, -0.25) is 10.1 Å². The fraction of sp³-hybridized carbons (Fsp3) is 0.294. The monoisotopic (exact) mass is 346 g/mol. The number of aromatic nitrogens is 1. The van der Waals surface area contributed by atoms with Crippen LogP contribution in [0.2, 0.25) is 0 Å². The standard InChI is InChI=1S/C17H18N2O6/c1-10(16(21)24-17(2,3)4)15(20)14-9-13(18-25-14)11-6-5-7-12(8-11)19(22)23/h5-9,15,20H,1H2,2-4H3. The number of carbonyl (C=O) groups excluding carboxylic acids is 1. The minimum Gasteiger partial charge on any atom is -0.457 e. The Balaban J connectivity index is 2.20. The van der Waals surface area contributed by atoms with E-state index in [2.05, 4.69) is 11.7 Å². The molecule has 1 N–H and O–H groups in total. The topological polar surface area (TPSA) is 116 Å². The van der Waals surface area contributed by atoms with Gasteiger partial charge in [-0.25, -0.2) is 4.79 Å². The second-order valence-corrected chi connectivity index (χ2v) is 6.35. The molecule has 0 spiro atoms. The molecule has 1 heterocycles. The fourth-order valence-electron chi connectivity index (χ4n) is 1.96. The van der Waals surface area contributed by atoms with Crippen molar-refractivity contribution in [1.29, 1.82) is 0 Å². The van der Waals surface area contributed by atoms with E-state index in [0.717, 1.165) is 0 Å². The molecule has 0 saturated heterocycles. The van der Waals surface area contributed by atoms with Gasteiger partial charge in [-0.05, 0) is 20.8 Å². The Kier molecular flexibility index (Phi) is 5.03. The van der Waals surface area contributed by atoms with Crippen LogP contribution in [0.15, 0.2) is 47.0 Å². The number of hydrogen-bond donors (Lipinski definition) is 1. The molecular weight excluding hydrogens is 328 g/mol. The van der Waals surface area contributed by atoms with Crippen molar-refractivity contribution in [3.05, 3.63) is 58.4 Å². The molecule has 0 amide bonds. The number of ether oxygens (including phenoxy) is 1. The molecule has 132 valence electrons. The highest BCUT2D eigenvalue weighted by Crippen LogP contribution is 2.28. The van der Waals surface area contributed by atoms with Crippen LogP contribution in [0.4, 0.5) is 5.69 Å². The van der Waals surface area contributed by atoms with Crippen molar-refractivity contribution in [2.75, 3.05) is 0 Å². The second kappa shape index (κ2) is 6.86. The highest BCUT2D eigenvalue weighted by Gasteiger charge is 2.27. The van der Waals surface area contributed by atoms with Gasteiger partial charge in [0, 0.05) is 23.8 Å². The van der Waals surface area contributed by atoms with Gasteiger partial charge in [-0.15, -0.1) is 0 Å². The van der Waals surface area contributed by atoms with Gasteiger partial charge < -0.3 is 14.4 Å². The number of benzene rings is 1. The molecule has 25 heavy (non-hydrogen) atoms. The van der Waals surface area contributed by atoms with Gasteiger partial charge in [0.1, 0.15) is 17.4 Å². The van der Waals surface area contributed by atoms with Crippen molar-refractivity contribution in [1.82, 2.24) is 5.16 Å². The van der Waals surface area contributed by atoms with Crippen molar-refractivity contribution in [3.63, 3.8) is 0 Å². The lowest BCUT2D eigenvalue weighted by atomic mass is 10.1. The lowest BCUT2D eigenvalue weighted by Crippen LogP contribution is -2.26. The molecule has 8 heteroatoms. The second-order valence-electron chi connectivity index (χ2n) is 6.35. The van der Waals surface area contributed by atoms with Gasteiger partial charge >= 0.3 is 5.97 Å². The maximum absolute atomic E-state index is 12.0. The zero-order valence-electron chi connectivity index (χ0n) is 14.1. The first-order valence-corrected chi connectivity index (χ1v) is 7.40. The molecule has 1 aromatic heterocycles. The number of aliphatic hydroxyl groups excluding tert-OH is 1. The van der Waals surface area contributed by atoms with Crippen LogP contribution >= 0.6 is 0 Å². The summed E-state index contributed by atoms with van der Waals surface area (Å²) in [6.07, 6.45) is -1.44. The predicted octanol–water partition coefficient (Wildman–Crippen LogP) is 3.18. The summed E-state index contributed by atoms with van der Waals surface area (Å²) in [7, 11) is 0. The summed E-state index contributed by atoms with van der Waals surface area (Å²) < 4.78 is 10.2. The maximum Gasteiger partial charge on any atom is 0.337 e. The largest absolute Gasteiger partial charge is 0.457 e. The average Bonchev–Trinajstić information content (AvgIpc) is 3.01. The molecule has 0 bridgehead atoms. The van der Waals surface area contributed by atoms with Gasteiger partial charge in [0.25, 0.3) is 5.69 Å². The highest BCUT2D eigenvalue weighted by molar-refractivity contribution is 5.89. The summed E-state index contributed by atoms with van der Waals surface area (Å²) in [5.41, 5.74) is -0.290. The number of nitro groups is 1. The highest BCUT2D eigenvalue weighted by atomic mass is 16.6. The van der Waals surface area contributed by atoms with Crippen LogP contribution in [-0.2, 0) is 9.53 Å². The van der Waals surface area contributed by atoms with E-state index in [1.807, 2.05) is 0 Å². The predicted molar refractivity (Wildman–Crippen MR) is 88.5 cm³/mol. The number of hydrogen-bond acceptors (Lipinski definition) is 7. The summed E-state index contributed by atoms with van der Waals surface area (Å²) in [6.45, 7) is 8.61. The van der Waals surface area contributed by atoms with Crippen LogP contribution in [0, 0.1) is 10.1 Å². The van der Waals surface area contributed by atoms with Crippen molar-refractivity contribution in [2.45, 2.75) is 32.5 Å². The first-order chi connectivity index (χ1) is 11.6. The summed E-state index contributed by atoms with van der Waals surface area (Å²) in [6, 6.07) is 7.20. The van der Waals surface area contributed by atoms with E-state index in [0.29, 0.717) is 5.56 Å². The number of rotatable bonds is 5. The Bertz CT molecular complexity index is 819. The van der Waals surface area contributed by atoms with Crippen LogP contribution in [0.1, 0.15) is 32.6 Å². The molecule has 0 aliphatic rings. The van der Waals surface area contributed by atoms with Crippen molar-refractivity contribution < 1.29 is 24.1 Å². The quantitative estimate of drug-likeness (QED) is 0.382. The lowest BCUT2D eigenvalue weighted by Gasteiger charge is -2.21. The fourth-order valence-corrected chi connectivity index (χ4v) is 1.96. The Morgan fingerprint density at radius 3 is 2.68 bits per heavy atom. The molecule has 2 aromatic rings. The van der Waals surface area contributed by atoms with Gasteiger partial charge in [-0.1, -0.05) is 23.9 Å². The van der Waals surface area contributed by atoms with E-state index in [-0.39, 0.29) is 22.7 Å². The SMILES string of the molecule is C=C(C(=O)OC(C)(C)C)C(O)c1cc(-c2cccc([N+](=O)[O-])c2)no1. The number of nitro benzene ring substituents is 1. The van der Waals surface area contributed by atoms with Crippen LogP contribution in [0.3, 0.4) is 0 Å². The third kappa shape index (κ3) is 4.51. The molecular formula is C17H18N2O6. The molecule has 1 atom stereocenters. The number of nitrogens with zero attached hydrogens (tertiary/aromatic N) is 2. The van der Waals surface area contributed by atoms with Gasteiger partial charge in [0.05, 0.1) is 10.5 Å². The smallest absolute Gasteiger partial charge is 0.337 e. The van der Waals surface area contributed by atoms with Crippen molar-refractivity contribution in [2.24, 2.45) is 0 Å². The summed E-state index contributed by atoms with van der Waals surface area (Å²) >= 11 is 0. The molecule has 0 aliphatic heterocycles. The first-order valence-electron chi connectivity index (χ1n) is 7.40. The van der Waals surface area contributed by atoms with E-state index < -0.39 is 22.6 Å². The molecule has 2 rings (SSSR count). The van der Waals surface area contributed by atoms with Gasteiger partial charge in [0.15, 0.2) is 5.76 Å². The Morgan fingerprint density at radius 2 is 2.08 bits per heavy atom. The molecule has 0 saturated carbocycles. The molecule has 8 nitrogen and oxygen atoms in total. The van der Waals surface area contributed by atoms with E-state index in [4.69, 9.17) is 9.26 Å². The average molecular weight is 346 g/mol. The summed E-state index contributed by atoms with van der Waals surface area (Å²) in [5, 5.41) is 24.8. The summed E-state index contributed by atoms with van der Waals surface area (Å²) in [5.74, 6) is -0.773. The van der Waals surface area contributed by atoms with Crippen LogP contribution < -0.4 is 0 Å². The van der Waals surface area contributed by atoms with E-state index in [9.17, 15) is 20.0 Å². The molecule has 1 unspecified atom stereocenters. The normalized spacial score (nSPS) is 12.5. The summed E-state index contributed by atoms with van der Waals surface area (Å²) in [4.78, 5) is 22.3. The molecule has 0 fully saturated rings.